The summed E-state index contributed by atoms with van der Waals surface area (Å²) in [5, 5.41) is 1.15. The van der Waals surface area contributed by atoms with E-state index < -0.39 is 0 Å². The molecule has 0 N–H and O–H groups in total. The lowest BCUT2D eigenvalue weighted by Gasteiger charge is -2.11. The zero-order valence-corrected chi connectivity index (χ0v) is 10.5. The third kappa shape index (κ3) is 3.21. The summed E-state index contributed by atoms with van der Waals surface area (Å²) in [6.45, 7) is 1.82. The number of hydrogen-bond donors (Lipinski definition) is 0. The molecule has 72 valence electrons. The van der Waals surface area contributed by atoms with Crippen LogP contribution >= 0.6 is 50.7 Å². The van der Waals surface area contributed by atoms with Crippen molar-refractivity contribution in [3.63, 3.8) is 0 Å². The van der Waals surface area contributed by atoms with E-state index in [1.807, 2.05) is 6.92 Å². The fraction of sp³-hybridized carbons (Fsp3) is 0.250. The first-order chi connectivity index (χ1) is 6.00. The molecular weight excluding hydrogens is 298 g/mol. The van der Waals surface area contributed by atoms with Crippen LogP contribution in [0.4, 0.5) is 0 Å². The van der Waals surface area contributed by atoms with Gasteiger partial charge in [-0.15, -0.1) is 0 Å². The van der Waals surface area contributed by atoms with Crippen LogP contribution in [-0.4, -0.2) is 5.01 Å². The van der Waals surface area contributed by atoms with Crippen molar-refractivity contribution in [2.45, 2.75) is 11.9 Å². The molecule has 13 heavy (non-hydrogen) atoms. The van der Waals surface area contributed by atoms with Crippen molar-refractivity contribution in [1.82, 2.24) is 0 Å². The Hall–Kier alpha value is 0.370. The molecule has 0 bridgehead atoms. The normalized spacial score (nSPS) is 12.7. The Kier molecular flexibility index (Phi) is 4.17. The maximum atomic E-state index is 5.86. The molecule has 0 fully saturated rings. The summed E-state index contributed by atoms with van der Waals surface area (Å²) in [7, 11) is 0. The van der Waals surface area contributed by atoms with Gasteiger partial charge >= 0.3 is 0 Å². The summed E-state index contributed by atoms with van der Waals surface area (Å²) in [4.78, 5) is 0. The molecule has 0 aromatic heterocycles. The maximum Gasteiger partial charge on any atom is 0.158 e. The van der Waals surface area contributed by atoms with Crippen LogP contribution in [0.15, 0.2) is 12.1 Å². The topological polar surface area (TPSA) is 9.23 Å². The first-order valence-corrected chi connectivity index (χ1v) is 5.51. The first-order valence-electron chi connectivity index (χ1n) is 3.46. The second kappa shape index (κ2) is 4.74. The quantitative estimate of drug-likeness (QED) is 0.715. The van der Waals surface area contributed by atoms with Crippen molar-refractivity contribution >= 4 is 50.7 Å². The molecule has 1 aromatic carbocycles. The van der Waals surface area contributed by atoms with Gasteiger partial charge in [-0.2, -0.15) is 0 Å². The van der Waals surface area contributed by atoms with Gasteiger partial charge in [-0.25, -0.2) is 0 Å². The molecule has 0 aliphatic carbocycles. The van der Waals surface area contributed by atoms with Crippen LogP contribution < -0.4 is 4.74 Å². The second-order valence-electron chi connectivity index (χ2n) is 2.36. The van der Waals surface area contributed by atoms with Crippen LogP contribution in [-0.2, 0) is 0 Å². The van der Waals surface area contributed by atoms with Crippen LogP contribution in [0.25, 0.3) is 0 Å². The standard InChI is InChI=1S/C8H6BrCl3O/c1-4(9)13-8-6(11)2-5(10)3-7(8)12/h2-4H,1H3/t4-/m0/s1. The van der Waals surface area contributed by atoms with Crippen molar-refractivity contribution in [3.05, 3.63) is 27.2 Å². The highest BCUT2D eigenvalue weighted by Gasteiger charge is 2.10. The van der Waals surface area contributed by atoms with E-state index in [0.29, 0.717) is 20.8 Å². The predicted molar refractivity (Wildman–Crippen MR) is 60.5 cm³/mol. The van der Waals surface area contributed by atoms with Gasteiger partial charge in [0.1, 0.15) is 0 Å². The smallest absolute Gasteiger partial charge is 0.158 e. The average Bonchev–Trinajstić information content (AvgIpc) is 1.96. The van der Waals surface area contributed by atoms with Crippen molar-refractivity contribution in [3.8, 4) is 5.75 Å². The van der Waals surface area contributed by atoms with Gasteiger partial charge in [0, 0.05) is 5.02 Å². The zero-order chi connectivity index (χ0) is 10.0. The highest BCUT2D eigenvalue weighted by Crippen LogP contribution is 2.36. The van der Waals surface area contributed by atoms with E-state index in [1.54, 1.807) is 12.1 Å². The highest BCUT2D eigenvalue weighted by atomic mass is 79.9. The Bertz CT molecular complexity index is 291. The number of benzene rings is 1. The summed E-state index contributed by atoms with van der Waals surface area (Å²) in [5.74, 6) is 0.442. The molecule has 0 spiro atoms. The summed E-state index contributed by atoms with van der Waals surface area (Å²) >= 11 is 20.7. The molecule has 1 aromatic rings. The highest BCUT2D eigenvalue weighted by molar-refractivity contribution is 9.09. The van der Waals surface area contributed by atoms with Gasteiger partial charge in [-0.1, -0.05) is 34.8 Å². The minimum atomic E-state index is -0.149. The van der Waals surface area contributed by atoms with Gasteiger partial charge in [-0.05, 0) is 35.0 Å². The van der Waals surface area contributed by atoms with E-state index in [1.165, 1.54) is 0 Å². The van der Waals surface area contributed by atoms with Crippen molar-refractivity contribution < 1.29 is 4.74 Å². The van der Waals surface area contributed by atoms with Crippen molar-refractivity contribution in [2.24, 2.45) is 0 Å². The summed E-state index contributed by atoms with van der Waals surface area (Å²) in [6.07, 6.45) is 0. The van der Waals surface area contributed by atoms with Crippen LogP contribution in [0.2, 0.25) is 15.1 Å². The summed E-state index contributed by atoms with van der Waals surface area (Å²) in [5.41, 5.74) is 0. The van der Waals surface area contributed by atoms with E-state index in [0.717, 1.165) is 0 Å². The molecule has 0 unspecified atom stereocenters. The number of rotatable bonds is 2. The monoisotopic (exact) mass is 302 g/mol. The second-order valence-corrected chi connectivity index (χ2v) is 4.90. The summed E-state index contributed by atoms with van der Waals surface area (Å²) in [6, 6.07) is 3.17. The fourth-order valence-corrected chi connectivity index (χ4v) is 1.90. The van der Waals surface area contributed by atoms with E-state index in [2.05, 4.69) is 15.9 Å². The third-order valence-corrected chi connectivity index (χ3v) is 2.21. The average molecular weight is 304 g/mol. The van der Waals surface area contributed by atoms with Crippen molar-refractivity contribution in [2.75, 3.05) is 0 Å². The number of hydrogen-bond acceptors (Lipinski definition) is 1. The molecule has 1 atom stereocenters. The number of ether oxygens (including phenoxy) is 1. The van der Waals surface area contributed by atoms with Gasteiger partial charge in [0.15, 0.2) is 10.8 Å². The van der Waals surface area contributed by atoms with Gasteiger partial charge in [0.05, 0.1) is 10.0 Å². The lowest BCUT2D eigenvalue weighted by molar-refractivity contribution is 0.314. The Morgan fingerprint density at radius 1 is 1.23 bits per heavy atom. The molecule has 5 heteroatoms. The van der Waals surface area contributed by atoms with Crippen LogP contribution in [0.3, 0.4) is 0 Å². The van der Waals surface area contributed by atoms with Crippen LogP contribution in [0.5, 0.6) is 5.75 Å². The van der Waals surface area contributed by atoms with Crippen LogP contribution in [0.1, 0.15) is 6.92 Å². The fourth-order valence-electron chi connectivity index (χ4n) is 0.804. The molecule has 0 heterocycles. The molecule has 1 rings (SSSR count). The minimum Gasteiger partial charge on any atom is -0.476 e. The largest absolute Gasteiger partial charge is 0.476 e. The molecule has 1 nitrogen and oxygen atoms in total. The lowest BCUT2D eigenvalue weighted by Crippen LogP contribution is -2.02. The first kappa shape index (κ1) is 11.4. The molecular formula is C8H6BrCl3O. The van der Waals surface area contributed by atoms with E-state index in [9.17, 15) is 0 Å². The number of alkyl halides is 1. The van der Waals surface area contributed by atoms with E-state index in [4.69, 9.17) is 39.5 Å². The molecule has 0 radical (unpaired) electrons. The van der Waals surface area contributed by atoms with Crippen molar-refractivity contribution in [1.29, 1.82) is 0 Å². The lowest BCUT2D eigenvalue weighted by atomic mass is 10.3. The molecule has 0 aliphatic heterocycles. The molecule has 0 saturated heterocycles. The zero-order valence-electron chi connectivity index (χ0n) is 6.65. The molecule has 0 saturated carbocycles. The SMILES string of the molecule is C[C@@H](Br)Oc1c(Cl)cc(Cl)cc1Cl. The van der Waals surface area contributed by atoms with Crippen LogP contribution in [0, 0.1) is 0 Å². The van der Waals surface area contributed by atoms with Gasteiger partial charge in [-0.3, -0.25) is 0 Å². The Morgan fingerprint density at radius 3 is 2.08 bits per heavy atom. The Morgan fingerprint density at radius 2 is 1.69 bits per heavy atom. The molecule has 0 amide bonds. The third-order valence-electron chi connectivity index (χ3n) is 1.24. The van der Waals surface area contributed by atoms with E-state index in [-0.39, 0.29) is 5.01 Å². The maximum absolute atomic E-state index is 5.86. The summed E-state index contributed by atoms with van der Waals surface area (Å²) < 4.78 is 5.32. The van der Waals surface area contributed by atoms with Gasteiger partial charge in [0.2, 0.25) is 0 Å². The van der Waals surface area contributed by atoms with E-state index >= 15 is 0 Å². The molecule has 0 aliphatic rings. The van der Waals surface area contributed by atoms with Gasteiger partial charge < -0.3 is 4.74 Å². The van der Waals surface area contributed by atoms with Gasteiger partial charge in [0.25, 0.3) is 0 Å². The minimum absolute atomic E-state index is 0.149. The Labute approximate surface area is 100 Å². The Balaban J connectivity index is 3.06. The predicted octanol–water partition coefficient (Wildman–Crippen LogP) is 4.77. The number of halogens is 4.